The molecule has 208 valence electrons. The van der Waals surface area contributed by atoms with Gasteiger partial charge in [0, 0.05) is 57.3 Å². The Labute approximate surface area is 238 Å². The molecule has 2 unspecified atom stereocenters. The van der Waals surface area contributed by atoms with Crippen LogP contribution in [0.3, 0.4) is 0 Å². The summed E-state index contributed by atoms with van der Waals surface area (Å²) in [7, 11) is 0. The molecule has 2 aliphatic carbocycles. The van der Waals surface area contributed by atoms with Gasteiger partial charge in [0.05, 0.1) is 6.00 Å². The molecule has 2 aromatic heterocycles. The summed E-state index contributed by atoms with van der Waals surface area (Å²) in [6, 6.07) is 4.45. The summed E-state index contributed by atoms with van der Waals surface area (Å²) in [5.41, 5.74) is 6.56. The third-order valence-corrected chi connectivity index (χ3v) is 8.10. The summed E-state index contributed by atoms with van der Waals surface area (Å²) < 4.78 is 0. The molecule has 2 amide bonds. The fourth-order valence-corrected chi connectivity index (χ4v) is 6.08. The first kappa shape index (κ1) is 29.0. The van der Waals surface area contributed by atoms with E-state index in [1.54, 1.807) is 4.90 Å². The fourth-order valence-electron chi connectivity index (χ4n) is 5.85. The van der Waals surface area contributed by atoms with Crippen LogP contribution in [0.2, 0.25) is 0 Å². The van der Waals surface area contributed by atoms with Gasteiger partial charge in [0.2, 0.25) is 11.8 Å². The van der Waals surface area contributed by atoms with Crippen molar-refractivity contribution in [3.8, 4) is 0 Å². The Morgan fingerprint density at radius 1 is 0.872 bits per heavy atom. The number of amides is 2. The largest absolute Gasteiger partial charge is 0.338 e. The lowest BCUT2D eigenvalue weighted by atomic mass is 10.0. The molecule has 6 nitrogen and oxygen atoms in total. The highest BCUT2D eigenvalue weighted by molar-refractivity contribution is 6.18. The molecule has 2 fully saturated rings. The van der Waals surface area contributed by atoms with Crippen LogP contribution < -0.4 is 0 Å². The van der Waals surface area contributed by atoms with Crippen molar-refractivity contribution in [1.82, 2.24) is 19.8 Å². The van der Waals surface area contributed by atoms with E-state index in [0.717, 1.165) is 51.7 Å². The van der Waals surface area contributed by atoms with E-state index in [1.807, 2.05) is 41.8 Å². The predicted molar refractivity (Wildman–Crippen MR) is 158 cm³/mol. The molecule has 4 aliphatic rings. The zero-order chi connectivity index (χ0) is 27.6. The van der Waals surface area contributed by atoms with Crippen molar-refractivity contribution in [3.63, 3.8) is 0 Å². The van der Waals surface area contributed by atoms with Crippen molar-refractivity contribution in [2.24, 2.45) is 11.8 Å². The summed E-state index contributed by atoms with van der Waals surface area (Å²) in [5.74, 6) is 1.68. The molecule has 0 N–H and O–H groups in total. The number of aromatic nitrogens is 2. The van der Waals surface area contributed by atoms with E-state index >= 15 is 0 Å². The van der Waals surface area contributed by atoms with Gasteiger partial charge in [-0.2, -0.15) is 0 Å². The van der Waals surface area contributed by atoms with Crippen LogP contribution in [0.4, 0.5) is 0 Å². The minimum atomic E-state index is 0.221. The van der Waals surface area contributed by atoms with Crippen molar-refractivity contribution >= 4 is 35.6 Å². The topological polar surface area (TPSA) is 66.4 Å². The number of halogens is 1. The van der Waals surface area contributed by atoms with Gasteiger partial charge in [-0.15, -0.1) is 11.6 Å². The molecule has 0 bridgehead atoms. The third-order valence-electron chi connectivity index (χ3n) is 7.82. The molecule has 0 saturated carbocycles. The number of nitrogens with zero attached hydrogens (tertiary/aromatic N) is 4. The van der Waals surface area contributed by atoms with Crippen molar-refractivity contribution < 1.29 is 9.59 Å². The van der Waals surface area contributed by atoms with E-state index in [2.05, 4.69) is 42.0 Å². The number of hydrogen-bond donors (Lipinski definition) is 0. The van der Waals surface area contributed by atoms with Crippen LogP contribution in [-0.2, 0) is 22.4 Å². The SMILES string of the molecule is C1=Cc2ccncc2C1.CCCC1CC(=O)N(CC2=Cc3ccncc3C2)C1.CCCC1CC(=O)N(CCl)C1. The van der Waals surface area contributed by atoms with Crippen LogP contribution >= 0.6 is 11.6 Å². The Hall–Kier alpha value is -2.99. The number of likely N-dealkylation sites (tertiary alicyclic amines) is 2. The maximum atomic E-state index is 12.0. The average Bonchev–Trinajstić information content (AvgIpc) is 3.72. The summed E-state index contributed by atoms with van der Waals surface area (Å²) >= 11 is 5.57. The minimum Gasteiger partial charge on any atom is -0.338 e. The number of fused-ring (bicyclic) bond motifs is 2. The number of allylic oxidation sites excluding steroid dienone is 1. The first-order valence-corrected chi connectivity index (χ1v) is 14.9. The van der Waals surface area contributed by atoms with Crippen molar-refractivity contribution in [2.75, 3.05) is 25.6 Å². The molecule has 4 heterocycles. The van der Waals surface area contributed by atoms with Crippen LogP contribution in [0.15, 0.2) is 48.6 Å². The fraction of sp³-hybridized carbons (Fsp3) is 0.500. The first-order chi connectivity index (χ1) is 19.0. The van der Waals surface area contributed by atoms with E-state index in [-0.39, 0.29) is 5.91 Å². The van der Waals surface area contributed by atoms with Crippen LogP contribution in [0.5, 0.6) is 0 Å². The summed E-state index contributed by atoms with van der Waals surface area (Å²) in [6.45, 7) is 6.95. The van der Waals surface area contributed by atoms with Gasteiger partial charge in [0.1, 0.15) is 0 Å². The maximum absolute atomic E-state index is 12.0. The van der Waals surface area contributed by atoms with Crippen LogP contribution in [0.1, 0.15) is 74.6 Å². The van der Waals surface area contributed by atoms with Crippen LogP contribution in [0, 0.1) is 11.8 Å². The molecule has 6 rings (SSSR count). The Kier molecular flexibility index (Phi) is 10.7. The van der Waals surface area contributed by atoms with E-state index in [0.29, 0.717) is 30.2 Å². The van der Waals surface area contributed by atoms with E-state index in [4.69, 9.17) is 11.6 Å². The molecule has 0 spiro atoms. The van der Waals surface area contributed by atoms with Gasteiger partial charge in [0.25, 0.3) is 0 Å². The monoisotopic (exact) mass is 548 g/mol. The van der Waals surface area contributed by atoms with Crippen molar-refractivity contribution in [1.29, 1.82) is 0 Å². The number of pyridine rings is 2. The smallest absolute Gasteiger partial charge is 0.223 e. The molecule has 39 heavy (non-hydrogen) atoms. The highest BCUT2D eigenvalue weighted by Gasteiger charge is 2.30. The predicted octanol–water partition coefficient (Wildman–Crippen LogP) is 6.15. The summed E-state index contributed by atoms with van der Waals surface area (Å²) in [5, 5.41) is 0. The molecular formula is C32H41ClN4O2. The normalized spacial score (nSPS) is 20.7. The highest BCUT2D eigenvalue weighted by Crippen LogP contribution is 2.28. The molecule has 0 aromatic carbocycles. The maximum Gasteiger partial charge on any atom is 0.223 e. The number of carbonyl (C=O) groups is 2. The average molecular weight is 549 g/mol. The van der Waals surface area contributed by atoms with Crippen LogP contribution in [0.25, 0.3) is 12.2 Å². The molecule has 0 radical (unpaired) electrons. The minimum absolute atomic E-state index is 0.221. The van der Waals surface area contributed by atoms with Crippen LogP contribution in [-0.4, -0.2) is 57.2 Å². The van der Waals surface area contributed by atoms with Gasteiger partial charge in [0.15, 0.2) is 0 Å². The molecule has 7 heteroatoms. The Bertz CT molecular complexity index is 1190. The Morgan fingerprint density at radius 3 is 2.08 bits per heavy atom. The van der Waals surface area contributed by atoms with E-state index in [9.17, 15) is 9.59 Å². The Balaban J connectivity index is 0.000000149. The third kappa shape index (κ3) is 8.01. The van der Waals surface area contributed by atoms with E-state index < -0.39 is 0 Å². The standard InChI is InChI=1S/C16H20N2O.C8H14ClNO.C8H7N/c1-2-3-12-8-16(19)18(10-12)11-13-6-14-4-5-17-9-15(14)7-13;1-2-3-7-4-8(11)10(5-7)6-9;1-2-7-4-5-9-6-8(7)3-1/h4-6,9,12H,2-3,7-8,10-11H2,1H3;7H,2-6H2,1H3;1-2,4-6H,3H2. The van der Waals surface area contributed by atoms with Crippen molar-refractivity contribution in [2.45, 2.75) is 65.2 Å². The quantitative estimate of drug-likeness (QED) is 0.307. The van der Waals surface area contributed by atoms with E-state index in [1.165, 1.54) is 40.7 Å². The van der Waals surface area contributed by atoms with Gasteiger partial charge in [-0.1, -0.05) is 44.9 Å². The summed E-state index contributed by atoms with van der Waals surface area (Å²) in [4.78, 5) is 35.1. The van der Waals surface area contributed by atoms with Gasteiger partial charge in [-0.05, 0) is 77.5 Å². The molecule has 2 aromatic rings. The second-order valence-electron chi connectivity index (χ2n) is 11.0. The second-order valence-corrected chi connectivity index (χ2v) is 11.2. The highest BCUT2D eigenvalue weighted by atomic mass is 35.5. The number of carbonyl (C=O) groups excluding carboxylic acids is 2. The molecule has 2 atom stereocenters. The lowest BCUT2D eigenvalue weighted by Gasteiger charge is -2.17. The second kappa shape index (κ2) is 14.4. The molecule has 2 aliphatic heterocycles. The number of alkyl halides is 1. The van der Waals surface area contributed by atoms with Crippen molar-refractivity contribution in [3.05, 3.63) is 70.8 Å². The lowest BCUT2D eigenvalue weighted by molar-refractivity contribution is -0.128. The lowest BCUT2D eigenvalue weighted by Crippen LogP contribution is -2.27. The summed E-state index contributed by atoms with van der Waals surface area (Å²) in [6.07, 6.45) is 22.2. The zero-order valence-corrected chi connectivity index (χ0v) is 24.1. The van der Waals surface area contributed by atoms with Gasteiger partial charge >= 0.3 is 0 Å². The van der Waals surface area contributed by atoms with Gasteiger partial charge < -0.3 is 9.80 Å². The van der Waals surface area contributed by atoms with Gasteiger partial charge in [-0.25, -0.2) is 0 Å². The number of hydrogen-bond acceptors (Lipinski definition) is 4. The first-order valence-electron chi connectivity index (χ1n) is 14.3. The molecular weight excluding hydrogens is 508 g/mol. The molecule has 2 saturated heterocycles. The Morgan fingerprint density at radius 2 is 1.49 bits per heavy atom. The number of rotatable bonds is 7. The zero-order valence-electron chi connectivity index (χ0n) is 23.3. The van der Waals surface area contributed by atoms with Gasteiger partial charge in [-0.3, -0.25) is 19.6 Å².